The molecule has 2 aromatic carbocycles. The van der Waals surface area contributed by atoms with Crippen LogP contribution in [-0.4, -0.2) is 23.0 Å². The SMILES string of the molecule is O=C(N[C@@H](Cc1ccccc1)C(=O)O)c1cc2ccccc2s1. The van der Waals surface area contributed by atoms with E-state index >= 15 is 0 Å². The molecule has 2 N–H and O–H groups in total. The van der Waals surface area contributed by atoms with Gasteiger partial charge in [0.1, 0.15) is 6.04 Å². The largest absolute Gasteiger partial charge is 0.480 e. The van der Waals surface area contributed by atoms with Crippen LogP contribution in [0.25, 0.3) is 10.1 Å². The van der Waals surface area contributed by atoms with Crippen molar-refractivity contribution < 1.29 is 14.7 Å². The maximum Gasteiger partial charge on any atom is 0.326 e. The Bertz CT molecular complexity index is 809. The minimum absolute atomic E-state index is 0.257. The van der Waals surface area contributed by atoms with Gasteiger partial charge in [0.25, 0.3) is 5.91 Å². The number of carboxylic acids is 1. The topological polar surface area (TPSA) is 66.4 Å². The minimum Gasteiger partial charge on any atom is -0.480 e. The quantitative estimate of drug-likeness (QED) is 0.756. The second-order valence-electron chi connectivity index (χ2n) is 5.20. The lowest BCUT2D eigenvalue weighted by Gasteiger charge is -2.14. The fourth-order valence-electron chi connectivity index (χ4n) is 2.37. The van der Waals surface area contributed by atoms with Crippen LogP contribution in [0.15, 0.2) is 60.7 Å². The average molecular weight is 325 g/mol. The highest BCUT2D eigenvalue weighted by atomic mass is 32.1. The van der Waals surface area contributed by atoms with Gasteiger partial charge >= 0.3 is 5.97 Å². The van der Waals surface area contributed by atoms with Crippen molar-refractivity contribution in [3.8, 4) is 0 Å². The number of benzene rings is 2. The molecule has 116 valence electrons. The van der Waals surface area contributed by atoms with Gasteiger partial charge in [-0.15, -0.1) is 11.3 Å². The number of amides is 1. The lowest BCUT2D eigenvalue weighted by molar-refractivity contribution is -0.139. The van der Waals surface area contributed by atoms with Crippen LogP contribution in [0, 0.1) is 0 Å². The van der Waals surface area contributed by atoms with E-state index in [1.165, 1.54) is 11.3 Å². The molecule has 0 radical (unpaired) electrons. The van der Waals surface area contributed by atoms with E-state index in [9.17, 15) is 14.7 Å². The second-order valence-corrected chi connectivity index (χ2v) is 6.29. The van der Waals surface area contributed by atoms with Crippen LogP contribution in [0.2, 0.25) is 0 Å². The van der Waals surface area contributed by atoms with E-state index in [1.54, 1.807) is 6.07 Å². The van der Waals surface area contributed by atoms with Crippen LogP contribution in [0.4, 0.5) is 0 Å². The Balaban J connectivity index is 1.76. The second kappa shape index (κ2) is 6.62. The Morgan fingerprint density at radius 1 is 1.04 bits per heavy atom. The summed E-state index contributed by atoms with van der Waals surface area (Å²) in [6, 6.07) is 17.8. The highest BCUT2D eigenvalue weighted by molar-refractivity contribution is 7.20. The number of thiophene rings is 1. The lowest BCUT2D eigenvalue weighted by Crippen LogP contribution is -2.42. The summed E-state index contributed by atoms with van der Waals surface area (Å²) >= 11 is 1.36. The highest BCUT2D eigenvalue weighted by Crippen LogP contribution is 2.25. The third-order valence-corrected chi connectivity index (χ3v) is 4.65. The number of carboxylic acid groups (broad SMARTS) is 1. The number of hydrogen-bond donors (Lipinski definition) is 2. The smallest absolute Gasteiger partial charge is 0.326 e. The minimum atomic E-state index is -1.04. The van der Waals surface area contributed by atoms with Gasteiger partial charge in [-0.05, 0) is 23.1 Å². The van der Waals surface area contributed by atoms with Crippen LogP contribution in [-0.2, 0) is 11.2 Å². The summed E-state index contributed by atoms with van der Waals surface area (Å²) in [6.07, 6.45) is 0.257. The molecule has 0 saturated heterocycles. The molecule has 3 rings (SSSR count). The Kier molecular flexibility index (Phi) is 4.39. The van der Waals surface area contributed by atoms with Crippen molar-refractivity contribution in [2.24, 2.45) is 0 Å². The average Bonchev–Trinajstić information content (AvgIpc) is 2.99. The zero-order valence-corrected chi connectivity index (χ0v) is 13.0. The molecule has 1 amide bonds. The summed E-state index contributed by atoms with van der Waals surface area (Å²) in [5.74, 6) is -1.39. The number of fused-ring (bicyclic) bond motifs is 1. The molecule has 1 aromatic heterocycles. The number of aliphatic carboxylic acids is 1. The normalized spacial score (nSPS) is 12.0. The van der Waals surface area contributed by atoms with Crippen molar-refractivity contribution in [2.45, 2.75) is 12.5 Å². The zero-order chi connectivity index (χ0) is 16.2. The molecule has 4 nitrogen and oxygen atoms in total. The molecular weight excluding hydrogens is 310 g/mol. The van der Waals surface area contributed by atoms with E-state index < -0.39 is 12.0 Å². The molecular formula is C18H15NO3S. The maximum atomic E-state index is 12.4. The van der Waals surface area contributed by atoms with Crippen molar-refractivity contribution in [2.75, 3.05) is 0 Å². The zero-order valence-electron chi connectivity index (χ0n) is 12.2. The monoisotopic (exact) mass is 325 g/mol. The van der Waals surface area contributed by atoms with Gasteiger partial charge < -0.3 is 10.4 Å². The van der Waals surface area contributed by atoms with Crippen LogP contribution >= 0.6 is 11.3 Å². The molecule has 0 aliphatic rings. The first-order valence-corrected chi connectivity index (χ1v) is 8.01. The van der Waals surface area contributed by atoms with Crippen LogP contribution in [0.5, 0.6) is 0 Å². The predicted molar refractivity (Wildman–Crippen MR) is 90.9 cm³/mol. The molecule has 0 spiro atoms. The van der Waals surface area contributed by atoms with E-state index in [1.807, 2.05) is 54.6 Å². The summed E-state index contributed by atoms with van der Waals surface area (Å²) in [7, 11) is 0. The van der Waals surface area contributed by atoms with Gasteiger partial charge in [0.05, 0.1) is 4.88 Å². The summed E-state index contributed by atoms with van der Waals surface area (Å²) in [4.78, 5) is 24.3. The van der Waals surface area contributed by atoms with E-state index in [0.29, 0.717) is 4.88 Å². The fourth-order valence-corrected chi connectivity index (χ4v) is 3.34. The summed E-state index contributed by atoms with van der Waals surface area (Å²) in [6.45, 7) is 0. The number of rotatable bonds is 5. The number of carbonyl (C=O) groups excluding carboxylic acids is 1. The van der Waals surface area contributed by atoms with Crippen LogP contribution < -0.4 is 5.32 Å². The summed E-state index contributed by atoms with van der Waals surface area (Å²) in [5.41, 5.74) is 0.872. The molecule has 23 heavy (non-hydrogen) atoms. The molecule has 0 bridgehead atoms. The first kappa shape index (κ1) is 15.2. The maximum absolute atomic E-state index is 12.4. The molecule has 0 aliphatic carbocycles. The van der Waals surface area contributed by atoms with Crippen LogP contribution in [0.3, 0.4) is 0 Å². The van der Waals surface area contributed by atoms with E-state index in [-0.39, 0.29) is 12.3 Å². The first-order chi connectivity index (χ1) is 11.1. The van der Waals surface area contributed by atoms with E-state index in [2.05, 4.69) is 5.32 Å². The van der Waals surface area contributed by atoms with Crippen molar-refractivity contribution in [3.63, 3.8) is 0 Å². The number of carbonyl (C=O) groups is 2. The van der Waals surface area contributed by atoms with Crippen molar-refractivity contribution >= 4 is 33.3 Å². The molecule has 1 atom stereocenters. The highest BCUT2D eigenvalue weighted by Gasteiger charge is 2.22. The molecule has 0 unspecified atom stereocenters. The van der Waals surface area contributed by atoms with E-state index in [0.717, 1.165) is 15.6 Å². The van der Waals surface area contributed by atoms with Gasteiger partial charge in [0.15, 0.2) is 0 Å². The first-order valence-electron chi connectivity index (χ1n) is 7.19. The lowest BCUT2D eigenvalue weighted by atomic mass is 10.1. The molecule has 0 fully saturated rings. The molecule has 5 heteroatoms. The fraction of sp³-hybridized carbons (Fsp3) is 0.111. The Labute approximate surface area is 137 Å². The molecule has 0 aliphatic heterocycles. The van der Waals surface area contributed by atoms with Crippen molar-refractivity contribution in [1.82, 2.24) is 5.32 Å². The number of hydrogen-bond acceptors (Lipinski definition) is 3. The van der Waals surface area contributed by atoms with Crippen LogP contribution in [0.1, 0.15) is 15.2 Å². The Morgan fingerprint density at radius 2 is 1.74 bits per heavy atom. The van der Waals surface area contributed by atoms with Gasteiger partial charge in [-0.2, -0.15) is 0 Å². The van der Waals surface area contributed by atoms with Crippen molar-refractivity contribution in [1.29, 1.82) is 0 Å². The standard InChI is InChI=1S/C18H15NO3S/c20-17(16-11-13-8-4-5-9-15(13)23-16)19-14(18(21)22)10-12-6-2-1-3-7-12/h1-9,11,14H,10H2,(H,19,20)(H,21,22)/t14-/m0/s1. The number of nitrogens with one attached hydrogen (secondary N) is 1. The third-order valence-electron chi connectivity index (χ3n) is 3.54. The molecule has 1 heterocycles. The van der Waals surface area contributed by atoms with Crippen molar-refractivity contribution in [3.05, 3.63) is 71.1 Å². The van der Waals surface area contributed by atoms with E-state index in [4.69, 9.17) is 0 Å². The third kappa shape index (κ3) is 3.57. The molecule has 3 aromatic rings. The summed E-state index contributed by atoms with van der Waals surface area (Å²) < 4.78 is 1.01. The van der Waals surface area contributed by atoms with Gasteiger partial charge in [-0.3, -0.25) is 4.79 Å². The van der Waals surface area contributed by atoms with Gasteiger partial charge in [-0.25, -0.2) is 4.79 Å². The summed E-state index contributed by atoms with van der Waals surface area (Å²) in [5, 5.41) is 13.0. The molecule has 0 saturated carbocycles. The Hall–Kier alpha value is -2.66. The van der Waals surface area contributed by atoms with Gasteiger partial charge in [-0.1, -0.05) is 48.5 Å². The van der Waals surface area contributed by atoms with Gasteiger partial charge in [0.2, 0.25) is 0 Å². The Morgan fingerprint density at radius 3 is 2.43 bits per heavy atom. The predicted octanol–water partition coefficient (Wildman–Crippen LogP) is 3.33. The van der Waals surface area contributed by atoms with Gasteiger partial charge in [0, 0.05) is 11.1 Å².